The van der Waals surface area contributed by atoms with Crippen molar-refractivity contribution < 1.29 is 22.7 Å². The van der Waals surface area contributed by atoms with Crippen molar-refractivity contribution in [3.8, 4) is 5.75 Å². The number of ketones is 1. The summed E-state index contributed by atoms with van der Waals surface area (Å²) in [5.41, 5.74) is 2.28. The lowest BCUT2D eigenvalue weighted by molar-refractivity contribution is -0.0507. The van der Waals surface area contributed by atoms with E-state index in [9.17, 15) is 13.2 Å². The lowest BCUT2D eigenvalue weighted by Crippen LogP contribution is -2.44. The Morgan fingerprint density at radius 1 is 1.12 bits per heavy atom. The summed E-state index contributed by atoms with van der Waals surface area (Å²) >= 11 is 0. The summed E-state index contributed by atoms with van der Waals surface area (Å²) < 4.78 is 39.2. The summed E-state index contributed by atoms with van der Waals surface area (Å²) in [5, 5.41) is 0. The van der Waals surface area contributed by atoms with Gasteiger partial charge >= 0.3 is 0 Å². The number of benzene rings is 2. The van der Waals surface area contributed by atoms with Gasteiger partial charge in [-0.2, -0.15) is 0 Å². The van der Waals surface area contributed by atoms with E-state index in [2.05, 4.69) is 4.90 Å². The van der Waals surface area contributed by atoms with Crippen molar-refractivity contribution >= 4 is 15.8 Å². The Morgan fingerprint density at radius 3 is 2.64 bits per heavy atom. The smallest absolute Gasteiger partial charge is 0.267 e. The third-order valence-electron chi connectivity index (χ3n) is 5.71. The van der Waals surface area contributed by atoms with Gasteiger partial charge < -0.3 is 9.47 Å². The van der Waals surface area contributed by atoms with Crippen LogP contribution in [0.3, 0.4) is 0 Å². The summed E-state index contributed by atoms with van der Waals surface area (Å²) in [6.07, 6.45) is 1.45. The minimum absolute atomic E-state index is 0.0318. The quantitative estimate of drug-likeness (QED) is 0.471. The largest absolute Gasteiger partial charge is 0.491 e. The Hall–Kier alpha value is -2.94. The Labute approximate surface area is 194 Å². The molecule has 1 saturated heterocycles. The predicted molar refractivity (Wildman–Crippen MR) is 125 cm³/mol. The van der Waals surface area contributed by atoms with Gasteiger partial charge in [0.15, 0.2) is 5.78 Å². The van der Waals surface area contributed by atoms with Gasteiger partial charge in [-0.15, -0.1) is 0 Å². The predicted octanol–water partition coefficient (Wildman–Crippen LogP) is 3.52. The van der Waals surface area contributed by atoms with E-state index in [1.807, 2.05) is 19.1 Å². The maximum absolute atomic E-state index is 13.1. The number of Topliss-reactive ketones (excluding diaryl/α,β-unsaturated/α-hetero) is 1. The van der Waals surface area contributed by atoms with Crippen LogP contribution in [0.15, 0.2) is 71.8 Å². The zero-order chi connectivity index (χ0) is 23.4. The molecule has 4 rings (SSSR count). The minimum Gasteiger partial charge on any atom is -0.491 e. The molecular formula is C25H28N2O5S. The van der Waals surface area contributed by atoms with Gasteiger partial charge in [0, 0.05) is 37.1 Å². The normalized spacial score (nSPS) is 17.1. The van der Waals surface area contributed by atoms with Crippen LogP contribution >= 0.6 is 0 Å². The number of aromatic nitrogens is 1. The zero-order valence-electron chi connectivity index (χ0n) is 18.8. The second-order valence-corrected chi connectivity index (χ2v) is 10.0. The Morgan fingerprint density at radius 2 is 1.91 bits per heavy atom. The number of carbonyl (C=O) groups is 1. The van der Waals surface area contributed by atoms with Gasteiger partial charge in [-0.25, -0.2) is 12.4 Å². The van der Waals surface area contributed by atoms with Crippen LogP contribution in [0.1, 0.15) is 28.5 Å². The molecule has 1 fully saturated rings. The molecule has 0 radical (unpaired) electrons. The summed E-state index contributed by atoms with van der Waals surface area (Å²) in [5.74, 6) is 0.727. The fourth-order valence-electron chi connectivity index (χ4n) is 4.03. The van der Waals surface area contributed by atoms with E-state index in [-0.39, 0.29) is 16.8 Å². The van der Waals surface area contributed by atoms with E-state index >= 15 is 0 Å². The highest BCUT2D eigenvalue weighted by molar-refractivity contribution is 7.90. The van der Waals surface area contributed by atoms with Gasteiger partial charge in [0.1, 0.15) is 18.5 Å². The average molecular weight is 469 g/mol. The first kappa shape index (κ1) is 23.2. The second-order valence-electron chi connectivity index (χ2n) is 8.19. The highest BCUT2D eigenvalue weighted by atomic mass is 32.2. The first-order chi connectivity index (χ1) is 15.8. The summed E-state index contributed by atoms with van der Waals surface area (Å²) in [6.45, 7) is 6.18. The lowest BCUT2D eigenvalue weighted by atomic mass is 10.1. The third-order valence-corrected chi connectivity index (χ3v) is 7.46. The monoisotopic (exact) mass is 468 g/mol. The molecule has 0 N–H and O–H groups in total. The van der Waals surface area contributed by atoms with Crippen LogP contribution in [0.2, 0.25) is 0 Å². The molecule has 0 bridgehead atoms. The van der Waals surface area contributed by atoms with Crippen LogP contribution in [0.5, 0.6) is 5.75 Å². The third kappa shape index (κ3) is 5.35. The molecule has 33 heavy (non-hydrogen) atoms. The molecule has 174 valence electrons. The van der Waals surface area contributed by atoms with Crippen LogP contribution in [0.25, 0.3) is 0 Å². The van der Waals surface area contributed by atoms with Crippen molar-refractivity contribution in [2.75, 3.05) is 26.3 Å². The number of morpholine rings is 1. The minimum atomic E-state index is -3.64. The van der Waals surface area contributed by atoms with Gasteiger partial charge in [0.25, 0.3) is 10.0 Å². The summed E-state index contributed by atoms with van der Waals surface area (Å²) in [4.78, 5) is 14.1. The molecule has 2 heterocycles. The summed E-state index contributed by atoms with van der Waals surface area (Å²) in [6, 6.07) is 17.5. The Kier molecular flexibility index (Phi) is 6.97. The lowest BCUT2D eigenvalue weighted by Gasteiger charge is -2.33. The first-order valence-electron chi connectivity index (χ1n) is 10.9. The van der Waals surface area contributed by atoms with Crippen LogP contribution in [0.4, 0.5) is 0 Å². The van der Waals surface area contributed by atoms with Crippen LogP contribution < -0.4 is 4.74 Å². The molecule has 1 aliphatic rings. The van der Waals surface area contributed by atoms with Crippen molar-refractivity contribution in [3.05, 3.63) is 83.7 Å². The molecular weight excluding hydrogens is 440 g/mol. The van der Waals surface area contributed by atoms with Crippen molar-refractivity contribution in [3.63, 3.8) is 0 Å². The van der Waals surface area contributed by atoms with E-state index in [0.717, 1.165) is 5.56 Å². The number of ether oxygens (including phenoxy) is 2. The van der Waals surface area contributed by atoms with Gasteiger partial charge in [-0.1, -0.05) is 18.2 Å². The fourth-order valence-corrected chi connectivity index (χ4v) is 5.41. The maximum atomic E-state index is 13.1. The van der Waals surface area contributed by atoms with E-state index in [1.165, 1.54) is 3.97 Å². The molecule has 3 aromatic rings. The number of rotatable bonds is 8. The molecule has 1 aliphatic heterocycles. The maximum Gasteiger partial charge on any atom is 0.267 e. The van der Waals surface area contributed by atoms with E-state index in [1.54, 1.807) is 61.7 Å². The van der Waals surface area contributed by atoms with Crippen molar-refractivity contribution in [1.29, 1.82) is 0 Å². The molecule has 0 amide bonds. The van der Waals surface area contributed by atoms with Gasteiger partial charge in [0.2, 0.25) is 0 Å². The van der Waals surface area contributed by atoms with Gasteiger partial charge in [-0.3, -0.25) is 9.69 Å². The standard InChI is InChI=1S/C25H28N2O5S/c1-19-15-22(10-11-25(19)20(2)28)32-18-23-17-26(13-14-31-23)16-21-7-6-12-27(21)33(29,30)24-8-4-3-5-9-24/h3-12,15,23H,13-14,16-18H2,1-2H3. The molecule has 1 unspecified atom stereocenters. The van der Waals surface area contributed by atoms with Crippen LogP contribution in [0, 0.1) is 6.92 Å². The van der Waals surface area contributed by atoms with Gasteiger partial charge in [0.05, 0.1) is 11.5 Å². The average Bonchev–Trinajstić information content (AvgIpc) is 3.27. The molecule has 0 aliphatic carbocycles. The van der Waals surface area contributed by atoms with Gasteiger partial charge in [-0.05, 0) is 61.9 Å². The molecule has 0 spiro atoms. The summed E-state index contributed by atoms with van der Waals surface area (Å²) in [7, 11) is -3.64. The highest BCUT2D eigenvalue weighted by Crippen LogP contribution is 2.21. The number of aryl methyl sites for hydroxylation is 1. The molecule has 1 atom stereocenters. The first-order valence-corrected chi connectivity index (χ1v) is 12.3. The number of hydrogen-bond acceptors (Lipinski definition) is 6. The fraction of sp³-hybridized carbons (Fsp3) is 0.320. The SMILES string of the molecule is CC(=O)c1ccc(OCC2CN(Cc3cccn3S(=O)(=O)c3ccccc3)CCO2)cc1C. The van der Waals surface area contributed by atoms with E-state index < -0.39 is 10.0 Å². The van der Waals surface area contributed by atoms with Crippen LogP contribution in [-0.2, 0) is 21.3 Å². The molecule has 2 aromatic carbocycles. The second kappa shape index (κ2) is 9.91. The molecule has 8 heteroatoms. The molecule has 7 nitrogen and oxygen atoms in total. The Bertz CT molecular complexity index is 1220. The van der Waals surface area contributed by atoms with Crippen molar-refractivity contribution in [2.45, 2.75) is 31.4 Å². The number of hydrogen-bond donors (Lipinski definition) is 0. The zero-order valence-corrected chi connectivity index (χ0v) is 19.6. The number of carbonyl (C=O) groups excluding carboxylic acids is 1. The topological polar surface area (TPSA) is 77.8 Å². The molecule has 1 aromatic heterocycles. The highest BCUT2D eigenvalue weighted by Gasteiger charge is 2.24. The van der Waals surface area contributed by atoms with Crippen molar-refractivity contribution in [1.82, 2.24) is 8.87 Å². The van der Waals surface area contributed by atoms with Crippen molar-refractivity contribution in [2.24, 2.45) is 0 Å². The van der Waals surface area contributed by atoms with E-state index in [0.29, 0.717) is 49.9 Å². The van der Waals surface area contributed by atoms with Crippen LogP contribution in [-0.4, -0.2) is 55.5 Å². The Balaban J connectivity index is 1.39. The number of nitrogens with zero attached hydrogens (tertiary/aromatic N) is 2. The molecule has 0 saturated carbocycles. The van der Waals surface area contributed by atoms with E-state index in [4.69, 9.17) is 9.47 Å².